The Bertz CT molecular complexity index is 1240. The van der Waals surface area contributed by atoms with Crippen LogP contribution in [0.2, 0.25) is 0 Å². The van der Waals surface area contributed by atoms with Crippen molar-refractivity contribution >= 4 is 0 Å². The highest BCUT2D eigenvalue weighted by Crippen LogP contribution is 2.36. The van der Waals surface area contributed by atoms with Crippen molar-refractivity contribution in [2.75, 3.05) is 28.4 Å². The lowest BCUT2D eigenvalue weighted by molar-refractivity contribution is 0.394. The van der Waals surface area contributed by atoms with Crippen LogP contribution in [0.15, 0.2) is 72.8 Å². The maximum atomic E-state index is 5.55. The van der Waals surface area contributed by atoms with E-state index in [0.717, 1.165) is 59.8 Å². The van der Waals surface area contributed by atoms with Crippen molar-refractivity contribution in [1.29, 1.82) is 0 Å². The topological polar surface area (TPSA) is 36.9 Å². The highest BCUT2D eigenvalue weighted by atomic mass is 16.5. The Morgan fingerprint density at radius 2 is 0.778 bits per heavy atom. The number of benzene rings is 4. The van der Waals surface area contributed by atoms with Crippen molar-refractivity contribution in [2.45, 2.75) is 25.7 Å². The summed E-state index contributed by atoms with van der Waals surface area (Å²) in [5, 5.41) is 0. The monoisotopic (exact) mass is 480 g/mol. The second-order valence-corrected chi connectivity index (χ2v) is 9.19. The molecule has 0 atom stereocenters. The van der Waals surface area contributed by atoms with Gasteiger partial charge in [-0.3, -0.25) is 0 Å². The molecule has 0 spiro atoms. The van der Waals surface area contributed by atoms with E-state index in [1.165, 1.54) is 33.4 Å². The van der Waals surface area contributed by atoms with Gasteiger partial charge in [0.1, 0.15) is 23.0 Å². The summed E-state index contributed by atoms with van der Waals surface area (Å²) in [6, 6.07) is 26.0. The Balaban J connectivity index is 1.56. The maximum Gasteiger partial charge on any atom is 0.123 e. The van der Waals surface area contributed by atoms with E-state index < -0.39 is 0 Å². The second-order valence-electron chi connectivity index (χ2n) is 9.19. The normalized spacial score (nSPS) is 12.6. The molecule has 0 saturated carbocycles. The highest BCUT2D eigenvalue weighted by molar-refractivity contribution is 5.73. The molecule has 4 aromatic rings. The molecule has 4 aromatic carbocycles. The largest absolute Gasteiger partial charge is 0.497 e. The number of ether oxygens (including phenoxy) is 4. The molecule has 4 nitrogen and oxygen atoms in total. The molecule has 0 unspecified atom stereocenters. The Hall–Kier alpha value is -3.92. The SMILES string of the molecule is COc1cc(OC)cc(-c2cc3ccc2CCc2ccc(c(-c4cc(OC)cc(OC)c4)c2)CC3)c1. The molecule has 0 aromatic heterocycles. The maximum absolute atomic E-state index is 5.55. The molecule has 0 aliphatic heterocycles. The van der Waals surface area contributed by atoms with E-state index in [-0.39, 0.29) is 0 Å². The van der Waals surface area contributed by atoms with Crippen LogP contribution >= 0.6 is 0 Å². The van der Waals surface area contributed by atoms with E-state index in [1.54, 1.807) is 28.4 Å². The molecule has 4 bridgehead atoms. The van der Waals surface area contributed by atoms with Crippen molar-refractivity contribution in [3.63, 3.8) is 0 Å². The standard InChI is InChI=1S/C32H32O4/c1-33-27-15-25(16-28(19-27)34-2)31-13-21-5-9-23(31)11-7-22-6-10-24(12-8-21)32(14-22)26-17-29(35-3)20-30(18-26)36-4/h5-6,9-10,13-20H,7-8,11-12H2,1-4H3. The summed E-state index contributed by atoms with van der Waals surface area (Å²) in [5.74, 6) is 3.20. The van der Waals surface area contributed by atoms with Crippen LogP contribution in [0.25, 0.3) is 22.3 Å². The number of hydrogen-bond acceptors (Lipinski definition) is 4. The fraction of sp³-hybridized carbons (Fsp3) is 0.250. The first kappa shape index (κ1) is 23.8. The molecule has 4 aliphatic carbocycles. The van der Waals surface area contributed by atoms with Crippen LogP contribution in [0.5, 0.6) is 23.0 Å². The van der Waals surface area contributed by atoms with Crippen LogP contribution in [0, 0.1) is 0 Å². The molecule has 0 heterocycles. The first-order valence-corrected chi connectivity index (χ1v) is 12.3. The van der Waals surface area contributed by atoms with Crippen LogP contribution in [0.3, 0.4) is 0 Å². The molecular weight excluding hydrogens is 448 g/mol. The highest BCUT2D eigenvalue weighted by Gasteiger charge is 2.15. The summed E-state index contributed by atoms with van der Waals surface area (Å²) in [5.41, 5.74) is 10.0. The Morgan fingerprint density at radius 3 is 1.11 bits per heavy atom. The van der Waals surface area contributed by atoms with Crippen LogP contribution in [0.4, 0.5) is 0 Å². The lowest BCUT2D eigenvalue weighted by atomic mass is 9.87. The summed E-state index contributed by atoms with van der Waals surface area (Å²) in [6.45, 7) is 0. The predicted octanol–water partition coefficient (Wildman–Crippen LogP) is 6.94. The molecule has 0 saturated heterocycles. The van der Waals surface area contributed by atoms with Gasteiger partial charge in [0, 0.05) is 12.1 Å². The Morgan fingerprint density at radius 1 is 0.417 bits per heavy atom. The van der Waals surface area contributed by atoms with Gasteiger partial charge in [0.2, 0.25) is 0 Å². The van der Waals surface area contributed by atoms with Crippen LogP contribution in [-0.4, -0.2) is 28.4 Å². The van der Waals surface area contributed by atoms with E-state index >= 15 is 0 Å². The van der Waals surface area contributed by atoms with E-state index in [9.17, 15) is 0 Å². The van der Waals surface area contributed by atoms with Gasteiger partial charge in [-0.05, 0) is 94.5 Å². The zero-order valence-electron chi connectivity index (χ0n) is 21.4. The van der Waals surface area contributed by atoms with Crippen LogP contribution in [0.1, 0.15) is 22.3 Å². The molecule has 184 valence electrons. The molecule has 0 radical (unpaired) electrons. The zero-order chi connectivity index (χ0) is 25.1. The van der Waals surface area contributed by atoms with Gasteiger partial charge >= 0.3 is 0 Å². The lowest BCUT2D eigenvalue weighted by Gasteiger charge is -2.18. The van der Waals surface area contributed by atoms with Crippen molar-refractivity contribution in [3.05, 3.63) is 95.1 Å². The number of rotatable bonds is 6. The zero-order valence-corrected chi connectivity index (χ0v) is 21.4. The van der Waals surface area contributed by atoms with Gasteiger partial charge in [-0.2, -0.15) is 0 Å². The van der Waals surface area contributed by atoms with Gasteiger partial charge in [0.05, 0.1) is 28.4 Å². The number of methoxy groups -OCH3 is 4. The fourth-order valence-corrected chi connectivity index (χ4v) is 5.02. The van der Waals surface area contributed by atoms with Gasteiger partial charge in [-0.15, -0.1) is 0 Å². The summed E-state index contributed by atoms with van der Waals surface area (Å²) in [6.07, 6.45) is 3.77. The molecule has 8 rings (SSSR count). The van der Waals surface area contributed by atoms with Crippen molar-refractivity contribution in [3.8, 4) is 45.3 Å². The van der Waals surface area contributed by atoms with Crippen molar-refractivity contribution in [2.24, 2.45) is 0 Å². The minimum Gasteiger partial charge on any atom is -0.497 e. The van der Waals surface area contributed by atoms with E-state index in [0.29, 0.717) is 0 Å². The second kappa shape index (κ2) is 10.4. The summed E-state index contributed by atoms with van der Waals surface area (Å²) >= 11 is 0. The predicted molar refractivity (Wildman–Crippen MR) is 145 cm³/mol. The van der Waals surface area contributed by atoms with Crippen molar-refractivity contribution < 1.29 is 18.9 Å². The first-order valence-electron chi connectivity index (χ1n) is 12.3. The van der Waals surface area contributed by atoms with E-state index in [2.05, 4.69) is 60.7 Å². The molecule has 0 N–H and O–H groups in total. The van der Waals surface area contributed by atoms with Gasteiger partial charge in [0.15, 0.2) is 0 Å². The van der Waals surface area contributed by atoms with Gasteiger partial charge < -0.3 is 18.9 Å². The third-order valence-electron chi connectivity index (χ3n) is 7.04. The smallest absolute Gasteiger partial charge is 0.123 e. The van der Waals surface area contributed by atoms with Crippen LogP contribution in [-0.2, 0) is 25.7 Å². The summed E-state index contributed by atoms with van der Waals surface area (Å²) < 4.78 is 22.2. The molecule has 4 aliphatic rings. The molecule has 0 fully saturated rings. The van der Waals surface area contributed by atoms with Gasteiger partial charge in [-0.25, -0.2) is 0 Å². The Labute approximate surface area is 213 Å². The third-order valence-corrected chi connectivity index (χ3v) is 7.04. The summed E-state index contributed by atoms with van der Waals surface area (Å²) in [4.78, 5) is 0. The van der Waals surface area contributed by atoms with Gasteiger partial charge in [-0.1, -0.05) is 36.4 Å². The number of hydrogen-bond donors (Lipinski definition) is 0. The van der Waals surface area contributed by atoms with E-state index in [1.807, 2.05) is 12.1 Å². The minimum absolute atomic E-state index is 0.801. The first-order chi connectivity index (χ1) is 17.6. The van der Waals surface area contributed by atoms with E-state index in [4.69, 9.17) is 18.9 Å². The molecule has 0 amide bonds. The fourth-order valence-electron chi connectivity index (χ4n) is 5.02. The average molecular weight is 481 g/mol. The van der Waals surface area contributed by atoms with Gasteiger partial charge in [0.25, 0.3) is 0 Å². The Kier molecular flexibility index (Phi) is 6.86. The average Bonchev–Trinajstić information content (AvgIpc) is 2.93. The number of aryl methyl sites for hydroxylation is 4. The molecular formula is C32H32O4. The lowest BCUT2D eigenvalue weighted by Crippen LogP contribution is -2.02. The third kappa shape index (κ3) is 4.90. The summed E-state index contributed by atoms with van der Waals surface area (Å²) in [7, 11) is 6.78. The van der Waals surface area contributed by atoms with Crippen molar-refractivity contribution in [1.82, 2.24) is 0 Å². The molecule has 4 heteroatoms. The molecule has 36 heavy (non-hydrogen) atoms. The quantitative estimate of drug-likeness (QED) is 0.300. The minimum atomic E-state index is 0.801. The van der Waals surface area contributed by atoms with Crippen LogP contribution < -0.4 is 18.9 Å².